The Balaban J connectivity index is 1.68. The van der Waals surface area contributed by atoms with Crippen molar-refractivity contribution in [1.82, 2.24) is 4.72 Å². The van der Waals surface area contributed by atoms with Crippen LogP contribution in [-0.4, -0.2) is 34.0 Å². The van der Waals surface area contributed by atoms with Crippen molar-refractivity contribution in [2.75, 3.05) is 18.6 Å². The molecule has 1 amide bonds. The Morgan fingerprint density at radius 3 is 2.56 bits per heavy atom. The normalized spacial score (nSPS) is 16.3. The third kappa shape index (κ3) is 4.14. The van der Waals surface area contributed by atoms with Crippen molar-refractivity contribution in [2.45, 2.75) is 37.6 Å². The van der Waals surface area contributed by atoms with Crippen LogP contribution in [0.15, 0.2) is 47.4 Å². The lowest BCUT2D eigenvalue weighted by Gasteiger charge is -2.20. The monoisotopic (exact) mass is 388 g/mol. The SMILES string of the molecule is COc1ccc(CCNS(=O)(=O)c2ccc3c(c2)CC(C)N3C(C)=O)cc1. The maximum Gasteiger partial charge on any atom is 0.240 e. The molecular weight excluding hydrogens is 364 g/mol. The highest BCUT2D eigenvalue weighted by Crippen LogP contribution is 2.33. The molecule has 1 unspecified atom stereocenters. The van der Waals surface area contributed by atoms with Gasteiger partial charge in [-0.1, -0.05) is 12.1 Å². The Hall–Kier alpha value is -2.38. The summed E-state index contributed by atoms with van der Waals surface area (Å²) >= 11 is 0. The molecule has 6 nitrogen and oxygen atoms in total. The number of benzene rings is 2. The lowest BCUT2D eigenvalue weighted by atomic mass is 10.1. The van der Waals surface area contributed by atoms with Crippen LogP contribution in [-0.2, 0) is 27.7 Å². The molecule has 1 atom stereocenters. The van der Waals surface area contributed by atoms with Crippen LogP contribution in [0.4, 0.5) is 5.69 Å². The van der Waals surface area contributed by atoms with Crippen LogP contribution in [0, 0.1) is 0 Å². The minimum absolute atomic E-state index is 0.0329. The predicted octanol–water partition coefficient (Wildman–Crippen LogP) is 2.51. The Morgan fingerprint density at radius 2 is 1.93 bits per heavy atom. The molecule has 27 heavy (non-hydrogen) atoms. The van der Waals surface area contributed by atoms with Crippen molar-refractivity contribution in [2.24, 2.45) is 0 Å². The van der Waals surface area contributed by atoms with Crippen molar-refractivity contribution < 1.29 is 17.9 Å². The second kappa shape index (κ2) is 7.70. The highest BCUT2D eigenvalue weighted by Gasteiger charge is 2.30. The largest absolute Gasteiger partial charge is 0.497 e. The summed E-state index contributed by atoms with van der Waals surface area (Å²) in [6, 6.07) is 12.5. The van der Waals surface area contributed by atoms with E-state index in [1.54, 1.807) is 30.2 Å². The van der Waals surface area contributed by atoms with Crippen LogP contribution >= 0.6 is 0 Å². The number of carbonyl (C=O) groups excluding carboxylic acids is 1. The van der Waals surface area contributed by atoms with E-state index in [4.69, 9.17) is 4.74 Å². The molecule has 0 spiro atoms. The van der Waals surface area contributed by atoms with E-state index in [0.717, 1.165) is 22.6 Å². The van der Waals surface area contributed by atoms with Crippen molar-refractivity contribution in [3.05, 3.63) is 53.6 Å². The Labute approximate surface area is 160 Å². The number of anilines is 1. The van der Waals surface area contributed by atoms with Gasteiger partial charge in [0.1, 0.15) is 5.75 Å². The fourth-order valence-electron chi connectivity index (χ4n) is 3.46. The summed E-state index contributed by atoms with van der Waals surface area (Å²) in [5.41, 5.74) is 2.71. The molecule has 3 rings (SSSR count). The van der Waals surface area contributed by atoms with Gasteiger partial charge in [0.2, 0.25) is 15.9 Å². The second-order valence-corrected chi connectivity index (χ2v) is 8.50. The zero-order chi connectivity index (χ0) is 19.6. The first-order valence-corrected chi connectivity index (χ1v) is 10.4. The third-order valence-corrected chi connectivity index (χ3v) is 6.24. The summed E-state index contributed by atoms with van der Waals surface area (Å²) in [5, 5.41) is 0. The van der Waals surface area contributed by atoms with Crippen LogP contribution in [0.3, 0.4) is 0 Å². The zero-order valence-electron chi connectivity index (χ0n) is 15.7. The van der Waals surface area contributed by atoms with Gasteiger partial charge in [-0.3, -0.25) is 4.79 Å². The highest BCUT2D eigenvalue weighted by molar-refractivity contribution is 7.89. The molecule has 0 radical (unpaired) electrons. The van der Waals surface area contributed by atoms with Gasteiger partial charge < -0.3 is 9.64 Å². The zero-order valence-corrected chi connectivity index (χ0v) is 16.5. The number of sulfonamides is 1. The lowest BCUT2D eigenvalue weighted by Crippen LogP contribution is -2.33. The molecule has 2 aromatic carbocycles. The molecule has 144 valence electrons. The van der Waals surface area contributed by atoms with Crippen LogP contribution in [0.25, 0.3) is 0 Å². The molecule has 0 fully saturated rings. The van der Waals surface area contributed by atoms with E-state index in [0.29, 0.717) is 19.4 Å². The van der Waals surface area contributed by atoms with Crippen LogP contribution < -0.4 is 14.4 Å². The average Bonchev–Trinajstić information content (AvgIpc) is 2.97. The number of nitrogens with one attached hydrogen (secondary N) is 1. The van der Waals surface area contributed by atoms with E-state index < -0.39 is 10.0 Å². The van der Waals surface area contributed by atoms with Gasteiger partial charge in [-0.05, 0) is 61.2 Å². The number of ether oxygens (including phenoxy) is 1. The quantitative estimate of drug-likeness (QED) is 0.825. The van der Waals surface area contributed by atoms with Gasteiger partial charge in [0, 0.05) is 25.2 Å². The molecule has 0 saturated carbocycles. The Kier molecular flexibility index (Phi) is 5.53. The van der Waals surface area contributed by atoms with Gasteiger partial charge >= 0.3 is 0 Å². The molecule has 0 aromatic heterocycles. The summed E-state index contributed by atoms with van der Waals surface area (Å²) in [4.78, 5) is 13.7. The number of fused-ring (bicyclic) bond motifs is 1. The highest BCUT2D eigenvalue weighted by atomic mass is 32.2. The number of nitrogens with zero attached hydrogens (tertiary/aromatic N) is 1. The van der Waals surface area contributed by atoms with Crippen molar-refractivity contribution in [3.8, 4) is 5.75 Å². The number of hydrogen-bond donors (Lipinski definition) is 1. The van der Waals surface area contributed by atoms with E-state index in [9.17, 15) is 13.2 Å². The van der Waals surface area contributed by atoms with Crippen LogP contribution in [0.5, 0.6) is 5.75 Å². The van der Waals surface area contributed by atoms with E-state index in [-0.39, 0.29) is 16.8 Å². The Morgan fingerprint density at radius 1 is 1.22 bits per heavy atom. The fraction of sp³-hybridized carbons (Fsp3) is 0.350. The van der Waals surface area contributed by atoms with Crippen molar-refractivity contribution >= 4 is 21.6 Å². The number of methoxy groups -OCH3 is 1. The smallest absolute Gasteiger partial charge is 0.240 e. The van der Waals surface area contributed by atoms with Gasteiger partial charge in [-0.15, -0.1) is 0 Å². The molecule has 0 saturated heterocycles. The second-order valence-electron chi connectivity index (χ2n) is 6.73. The van der Waals surface area contributed by atoms with Gasteiger partial charge in [0.15, 0.2) is 0 Å². The summed E-state index contributed by atoms with van der Waals surface area (Å²) in [5.74, 6) is 0.737. The van der Waals surface area contributed by atoms with Gasteiger partial charge in [0.05, 0.1) is 12.0 Å². The number of carbonyl (C=O) groups is 1. The molecule has 1 N–H and O–H groups in total. The van der Waals surface area contributed by atoms with E-state index >= 15 is 0 Å². The average molecular weight is 388 g/mol. The summed E-state index contributed by atoms with van der Waals surface area (Å²) in [6.45, 7) is 3.79. The van der Waals surface area contributed by atoms with Crippen molar-refractivity contribution in [3.63, 3.8) is 0 Å². The first kappa shape index (κ1) is 19.4. The minimum atomic E-state index is -3.60. The molecule has 1 heterocycles. The topological polar surface area (TPSA) is 75.7 Å². The molecule has 7 heteroatoms. The van der Waals surface area contributed by atoms with Gasteiger partial charge in [-0.25, -0.2) is 13.1 Å². The molecular formula is C20H24N2O4S. The molecule has 1 aliphatic heterocycles. The fourth-order valence-corrected chi connectivity index (χ4v) is 4.54. The minimum Gasteiger partial charge on any atom is -0.497 e. The number of amides is 1. The molecule has 1 aliphatic rings. The van der Waals surface area contributed by atoms with Gasteiger partial charge in [0.25, 0.3) is 0 Å². The standard InChI is InChI=1S/C20H24N2O4S/c1-14-12-17-13-19(8-9-20(17)22(14)15(2)23)27(24,25)21-11-10-16-4-6-18(26-3)7-5-16/h4-9,13-14,21H,10-12H2,1-3H3. The number of rotatable bonds is 6. The lowest BCUT2D eigenvalue weighted by molar-refractivity contribution is -0.116. The summed E-state index contributed by atoms with van der Waals surface area (Å²) < 4.78 is 33.0. The number of hydrogen-bond acceptors (Lipinski definition) is 4. The first-order valence-electron chi connectivity index (χ1n) is 8.87. The van der Waals surface area contributed by atoms with E-state index in [1.165, 1.54) is 6.92 Å². The van der Waals surface area contributed by atoms with Crippen LogP contribution in [0.2, 0.25) is 0 Å². The maximum absolute atomic E-state index is 12.6. The maximum atomic E-state index is 12.6. The van der Waals surface area contributed by atoms with Gasteiger partial charge in [-0.2, -0.15) is 0 Å². The summed E-state index contributed by atoms with van der Waals surface area (Å²) in [7, 11) is -1.99. The van der Waals surface area contributed by atoms with Crippen LogP contribution in [0.1, 0.15) is 25.0 Å². The summed E-state index contributed by atoms with van der Waals surface area (Å²) in [6.07, 6.45) is 1.24. The molecule has 0 bridgehead atoms. The third-order valence-electron chi connectivity index (χ3n) is 4.78. The van der Waals surface area contributed by atoms with E-state index in [2.05, 4.69) is 4.72 Å². The first-order chi connectivity index (χ1) is 12.8. The molecule has 0 aliphatic carbocycles. The predicted molar refractivity (Wildman–Crippen MR) is 105 cm³/mol. The molecule has 2 aromatic rings. The van der Waals surface area contributed by atoms with Crippen molar-refractivity contribution in [1.29, 1.82) is 0 Å². The Bertz CT molecular complexity index is 939. The van der Waals surface area contributed by atoms with E-state index in [1.807, 2.05) is 31.2 Å².